The van der Waals surface area contributed by atoms with Crippen LogP contribution in [-0.2, 0) is 5.41 Å². The summed E-state index contributed by atoms with van der Waals surface area (Å²) in [6, 6.07) is 26.6. The SMILES string of the molecule is NCC1(C=Cc2ccccc2)c2ccccc2Oc2ccccc21. The van der Waals surface area contributed by atoms with Crippen molar-refractivity contribution in [3.05, 3.63) is 102 Å². The summed E-state index contributed by atoms with van der Waals surface area (Å²) < 4.78 is 6.10. The third-order valence-electron chi connectivity index (χ3n) is 4.64. The highest BCUT2D eigenvalue weighted by molar-refractivity contribution is 5.64. The molecule has 3 aromatic carbocycles. The van der Waals surface area contributed by atoms with Crippen LogP contribution in [0.5, 0.6) is 11.5 Å². The van der Waals surface area contributed by atoms with Gasteiger partial charge in [0.15, 0.2) is 0 Å². The van der Waals surface area contributed by atoms with E-state index in [1.54, 1.807) is 0 Å². The summed E-state index contributed by atoms with van der Waals surface area (Å²) in [5, 5.41) is 0. The van der Waals surface area contributed by atoms with E-state index in [2.05, 4.69) is 36.4 Å². The molecule has 2 N–H and O–H groups in total. The van der Waals surface area contributed by atoms with Gasteiger partial charge in [0.2, 0.25) is 0 Å². The molecule has 1 heterocycles. The second-order valence-corrected chi connectivity index (χ2v) is 6.01. The smallest absolute Gasteiger partial charge is 0.131 e. The number of hydrogen-bond acceptors (Lipinski definition) is 2. The fraction of sp³-hybridized carbons (Fsp3) is 0.0909. The average Bonchev–Trinajstić information content (AvgIpc) is 2.66. The summed E-state index contributed by atoms with van der Waals surface area (Å²) >= 11 is 0. The normalized spacial score (nSPS) is 14.7. The lowest BCUT2D eigenvalue weighted by atomic mass is 9.72. The molecule has 0 fully saturated rings. The summed E-state index contributed by atoms with van der Waals surface area (Å²) in [6.07, 6.45) is 4.36. The van der Waals surface area contributed by atoms with E-state index in [0.717, 1.165) is 28.2 Å². The Labute approximate surface area is 142 Å². The van der Waals surface area contributed by atoms with Crippen LogP contribution in [0, 0.1) is 0 Å². The number of ether oxygens (including phenoxy) is 1. The van der Waals surface area contributed by atoms with Gasteiger partial charge in [-0.1, -0.05) is 78.9 Å². The van der Waals surface area contributed by atoms with Crippen molar-refractivity contribution in [1.82, 2.24) is 0 Å². The van der Waals surface area contributed by atoms with E-state index in [9.17, 15) is 0 Å². The Morgan fingerprint density at radius 1 is 0.750 bits per heavy atom. The largest absolute Gasteiger partial charge is 0.457 e. The molecule has 0 aliphatic carbocycles. The maximum Gasteiger partial charge on any atom is 0.131 e. The quantitative estimate of drug-likeness (QED) is 0.757. The first-order valence-electron chi connectivity index (χ1n) is 8.15. The van der Waals surface area contributed by atoms with Crippen molar-refractivity contribution in [1.29, 1.82) is 0 Å². The molecule has 118 valence electrons. The maximum absolute atomic E-state index is 6.33. The Kier molecular flexibility index (Phi) is 3.68. The van der Waals surface area contributed by atoms with Crippen LogP contribution in [0.15, 0.2) is 84.9 Å². The van der Waals surface area contributed by atoms with Gasteiger partial charge in [0.25, 0.3) is 0 Å². The molecule has 1 aliphatic rings. The lowest BCUT2D eigenvalue weighted by molar-refractivity contribution is 0.424. The first-order chi connectivity index (χ1) is 11.8. The van der Waals surface area contributed by atoms with Crippen LogP contribution < -0.4 is 10.5 Å². The van der Waals surface area contributed by atoms with Crippen molar-refractivity contribution in [2.45, 2.75) is 5.41 Å². The monoisotopic (exact) mass is 313 g/mol. The Balaban J connectivity index is 1.92. The van der Waals surface area contributed by atoms with E-state index in [4.69, 9.17) is 10.5 Å². The number of benzene rings is 3. The summed E-state index contributed by atoms with van der Waals surface area (Å²) in [6.45, 7) is 0.480. The standard InChI is InChI=1S/C22H19NO/c23-16-22(15-14-17-8-2-1-3-9-17)18-10-4-6-12-20(18)24-21-13-7-5-11-19(21)22/h1-15H,16,23H2. The van der Waals surface area contributed by atoms with E-state index in [-0.39, 0.29) is 5.41 Å². The van der Waals surface area contributed by atoms with Gasteiger partial charge < -0.3 is 10.5 Å². The minimum absolute atomic E-state index is 0.388. The van der Waals surface area contributed by atoms with E-state index in [0.29, 0.717) is 6.54 Å². The molecule has 0 radical (unpaired) electrons. The molecule has 0 atom stereocenters. The van der Waals surface area contributed by atoms with Crippen molar-refractivity contribution >= 4 is 6.08 Å². The number of nitrogens with two attached hydrogens (primary N) is 1. The minimum atomic E-state index is -0.388. The highest BCUT2D eigenvalue weighted by Crippen LogP contribution is 2.48. The Morgan fingerprint density at radius 3 is 1.88 bits per heavy atom. The van der Waals surface area contributed by atoms with Crippen molar-refractivity contribution < 1.29 is 4.74 Å². The van der Waals surface area contributed by atoms with E-state index >= 15 is 0 Å². The van der Waals surface area contributed by atoms with Gasteiger partial charge in [0.05, 0.1) is 5.41 Å². The molecule has 3 aromatic rings. The molecular formula is C22H19NO. The fourth-order valence-corrected chi connectivity index (χ4v) is 3.38. The summed E-state index contributed by atoms with van der Waals surface area (Å²) in [5.74, 6) is 1.75. The van der Waals surface area contributed by atoms with Gasteiger partial charge in [-0.2, -0.15) is 0 Å². The first-order valence-corrected chi connectivity index (χ1v) is 8.15. The van der Waals surface area contributed by atoms with Gasteiger partial charge in [0.1, 0.15) is 11.5 Å². The molecule has 0 aromatic heterocycles. The molecule has 0 saturated heterocycles. The van der Waals surface area contributed by atoms with Gasteiger partial charge >= 0.3 is 0 Å². The van der Waals surface area contributed by atoms with Crippen LogP contribution in [0.3, 0.4) is 0 Å². The molecule has 0 amide bonds. The van der Waals surface area contributed by atoms with Crippen molar-refractivity contribution in [2.24, 2.45) is 5.73 Å². The molecule has 0 saturated carbocycles. The maximum atomic E-state index is 6.33. The number of rotatable bonds is 3. The number of hydrogen-bond donors (Lipinski definition) is 1. The van der Waals surface area contributed by atoms with Crippen LogP contribution in [0.4, 0.5) is 0 Å². The topological polar surface area (TPSA) is 35.2 Å². The second kappa shape index (κ2) is 5.99. The Bertz CT molecular complexity index is 838. The van der Waals surface area contributed by atoms with E-state index in [1.807, 2.05) is 54.6 Å². The van der Waals surface area contributed by atoms with Crippen molar-refractivity contribution in [3.8, 4) is 11.5 Å². The first kappa shape index (κ1) is 14.7. The molecule has 0 spiro atoms. The highest BCUT2D eigenvalue weighted by atomic mass is 16.5. The summed E-state index contributed by atoms with van der Waals surface area (Å²) in [4.78, 5) is 0. The molecule has 0 unspecified atom stereocenters. The molecule has 0 bridgehead atoms. The van der Waals surface area contributed by atoms with Crippen LogP contribution in [0.25, 0.3) is 6.08 Å². The van der Waals surface area contributed by atoms with Crippen LogP contribution >= 0.6 is 0 Å². The Hall–Kier alpha value is -2.84. The number of fused-ring (bicyclic) bond motifs is 2. The zero-order chi connectivity index (χ0) is 16.4. The average molecular weight is 313 g/mol. The van der Waals surface area contributed by atoms with Gasteiger partial charge in [-0.3, -0.25) is 0 Å². The Morgan fingerprint density at radius 2 is 1.29 bits per heavy atom. The second-order valence-electron chi connectivity index (χ2n) is 6.01. The van der Waals surface area contributed by atoms with Gasteiger partial charge in [0, 0.05) is 17.7 Å². The molecule has 2 heteroatoms. The molecule has 24 heavy (non-hydrogen) atoms. The molecule has 4 rings (SSSR count). The van der Waals surface area contributed by atoms with E-state index in [1.165, 1.54) is 0 Å². The summed E-state index contributed by atoms with van der Waals surface area (Å²) in [7, 11) is 0. The fourth-order valence-electron chi connectivity index (χ4n) is 3.38. The van der Waals surface area contributed by atoms with Gasteiger partial charge in [-0.25, -0.2) is 0 Å². The summed E-state index contributed by atoms with van der Waals surface area (Å²) in [5.41, 5.74) is 9.32. The number of para-hydroxylation sites is 2. The highest BCUT2D eigenvalue weighted by Gasteiger charge is 2.38. The molecule has 2 nitrogen and oxygen atoms in total. The zero-order valence-electron chi connectivity index (χ0n) is 13.4. The molecular weight excluding hydrogens is 294 g/mol. The third kappa shape index (κ3) is 2.32. The van der Waals surface area contributed by atoms with Crippen LogP contribution in [0.2, 0.25) is 0 Å². The third-order valence-corrected chi connectivity index (χ3v) is 4.64. The lowest BCUT2D eigenvalue weighted by Crippen LogP contribution is -2.37. The van der Waals surface area contributed by atoms with E-state index < -0.39 is 0 Å². The minimum Gasteiger partial charge on any atom is -0.457 e. The zero-order valence-corrected chi connectivity index (χ0v) is 13.4. The van der Waals surface area contributed by atoms with Crippen molar-refractivity contribution in [2.75, 3.05) is 6.54 Å². The lowest BCUT2D eigenvalue weighted by Gasteiger charge is -2.37. The van der Waals surface area contributed by atoms with Crippen LogP contribution in [-0.4, -0.2) is 6.54 Å². The van der Waals surface area contributed by atoms with Crippen LogP contribution in [0.1, 0.15) is 16.7 Å². The van der Waals surface area contributed by atoms with Gasteiger partial charge in [-0.05, 0) is 17.7 Å². The van der Waals surface area contributed by atoms with Crippen molar-refractivity contribution in [3.63, 3.8) is 0 Å². The molecule has 1 aliphatic heterocycles. The predicted octanol–water partition coefficient (Wildman–Crippen LogP) is 4.75. The van der Waals surface area contributed by atoms with Gasteiger partial charge in [-0.15, -0.1) is 0 Å². The predicted molar refractivity (Wildman–Crippen MR) is 98.3 cm³/mol.